The van der Waals surface area contributed by atoms with Gasteiger partial charge >= 0.3 is 0 Å². The highest BCUT2D eigenvalue weighted by Crippen LogP contribution is 2.31. The van der Waals surface area contributed by atoms with Crippen LogP contribution in [0.2, 0.25) is 0 Å². The van der Waals surface area contributed by atoms with Crippen molar-refractivity contribution in [3.05, 3.63) is 27.9 Å². The van der Waals surface area contributed by atoms with Gasteiger partial charge in [0.1, 0.15) is 0 Å². The number of hydrogen-bond donors (Lipinski definition) is 1. The molecule has 2 N–H and O–H groups in total. The predicted octanol–water partition coefficient (Wildman–Crippen LogP) is 4.13. The number of hydrogen-bond acceptors (Lipinski definition) is 5. The minimum Gasteiger partial charge on any atom is -0.375 e. The third-order valence-electron chi connectivity index (χ3n) is 3.75. The van der Waals surface area contributed by atoms with Crippen LogP contribution in [-0.2, 0) is 6.54 Å². The van der Waals surface area contributed by atoms with E-state index in [2.05, 4.69) is 26.7 Å². The highest BCUT2D eigenvalue weighted by atomic mass is 32.1. The molecule has 3 nitrogen and oxygen atoms in total. The minimum absolute atomic E-state index is 0.670. The van der Waals surface area contributed by atoms with Crippen LogP contribution in [-0.4, -0.2) is 11.0 Å². The molecule has 2 aromatic heterocycles. The lowest BCUT2D eigenvalue weighted by molar-refractivity contribution is 0.414. The van der Waals surface area contributed by atoms with Crippen LogP contribution in [0.15, 0.2) is 23.0 Å². The van der Waals surface area contributed by atoms with Gasteiger partial charge in [-0.1, -0.05) is 19.3 Å². The molecule has 0 atom stereocenters. The zero-order valence-electron chi connectivity index (χ0n) is 10.9. The monoisotopic (exact) mass is 293 g/mol. The van der Waals surface area contributed by atoms with E-state index in [1.54, 1.807) is 22.7 Å². The standard InChI is InChI=1S/C14H19N3S2/c15-14-16-8-13(19-14)9-17(12-6-7-18-10-12)11-4-2-1-3-5-11/h6-8,10-11H,1-5,9H2,(H2,15,16). The van der Waals surface area contributed by atoms with Gasteiger partial charge in [0.15, 0.2) is 5.13 Å². The van der Waals surface area contributed by atoms with E-state index >= 15 is 0 Å². The van der Waals surface area contributed by atoms with Crippen LogP contribution in [0.5, 0.6) is 0 Å². The maximum atomic E-state index is 5.74. The molecule has 0 amide bonds. The molecule has 1 saturated carbocycles. The van der Waals surface area contributed by atoms with Crippen LogP contribution in [0.3, 0.4) is 0 Å². The third kappa shape index (κ3) is 3.09. The first kappa shape index (κ1) is 12.9. The Morgan fingerprint density at radius 2 is 2.16 bits per heavy atom. The third-order valence-corrected chi connectivity index (χ3v) is 5.23. The van der Waals surface area contributed by atoms with Gasteiger partial charge in [-0.15, -0.1) is 11.3 Å². The fraction of sp³-hybridized carbons (Fsp3) is 0.500. The average molecular weight is 293 g/mol. The summed E-state index contributed by atoms with van der Waals surface area (Å²) < 4.78 is 0. The van der Waals surface area contributed by atoms with Crippen molar-refractivity contribution in [2.75, 3.05) is 10.6 Å². The van der Waals surface area contributed by atoms with Crippen molar-refractivity contribution in [2.45, 2.75) is 44.7 Å². The Morgan fingerprint density at radius 1 is 1.32 bits per heavy atom. The summed E-state index contributed by atoms with van der Waals surface area (Å²) in [6.45, 7) is 0.941. The van der Waals surface area contributed by atoms with Crippen LogP contribution in [0.25, 0.3) is 0 Å². The number of rotatable bonds is 4. The Kier molecular flexibility index (Phi) is 4.03. The summed E-state index contributed by atoms with van der Waals surface area (Å²) in [6.07, 6.45) is 8.64. The Hall–Kier alpha value is -1.07. The van der Waals surface area contributed by atoms with Gasteiger partial charge in [0.05, 0.1) is 6.54 Å². The topological polar surface area (TPSA) is 42.1 Å². The van der Waals surface area contributed by atoms with E-state index in [9.17, 15) is 0 Å². The molecule has 19 heavy (non-hydrogen) atoms. The quantitative estimate of drug-likeness (QED) is 0.921. The van der Waals surface area contributed by atoms with E-state index in [1.165, 1.54) is 42.7 Å². The first-order valence-electron chi connectivity index (χ1n) is 6.82. The Bertz CT molecular complexity index is 501. The van der Waals surface area contributed by atoms with E-state index < -0.39 is 0 Å². The molecule has 0 aliphatic heterocycles. The van der Waals surface area contributed by atoms with Crippen LogP contribution < -0.4 is 10.6 Å². The second kappa shape index (κ2) is 5.92. The van der Waals surface area contributed by atoms with Gasteiger partial charge < -0.3 is 10.6 Å². The first-order chi connectivity index (χ1) is 9.33. The molecule has 2 heterocycles. The van der Waals surface area contributed by atoms with Crippen LogP contribution in [0, 0.1) is 0 Å². The molecule has 0 bridgehead atoms. The van der Waals surface area contributed by atoms with Gasteiger partial charge in [0.2, 0.25) is 0 Å². The number of nitrogens with two attached hydrogens (primary N) is 1. The largest absolute Gasteiger partial charge is 0.375 e. The van der Waals surface area contributed by atoms with Crippen LogP contribution in [0.1, 0.15) is 37.0 Å². The zero-order chi connectivity index (χ0) is 13.1. The second-order valence-corrected chi connectivity index (χ2v) is 6.99. The molecular formula is C14H19N3S2. The van der Waals surface area contributed by atoms with Crippen molar-refractivity contribution in [3.8, 4) is 0 Å². The summed E-state index contributed by atoms with van der Waals surface area (Å²) in [5, 5.41) is 5.08. The number of thiazole rings is 1. The average Bonchev–Trinajstić information content (AvgIpc) is 3.08. The van der Waals surface area contributed by atoms with Crippen molar-refractivity contribution >= 4 is 33.5 Å². The molecule has 0 spiro atoms. The highest BCUT2D eigenvalue weighted by molar-refractivity contribution is 7.15. The normalized spacial score (nSPS) is 16.6. The van der Waals surface area contributed by atoms with Gasteiger partial charge in [-0.2, -0.15) is 11.3 Å². The molecule has 0 aromatic carbocycles. The van der Waals surface area contributed by atoms with Crippen molar-refractivity contribution < 1.29 is 0 Å². The Labute approximate surface area is 122 Å². The fourth-order valence-corrected chi connectivity index (χ4v) is 4.14. The van der Waals surface area contributed by atoms with Crippen molar-refractivity contribution in [3.63, 3.8) is 0 Å². The first-order valence-corrected chi connectivity index (χ1v) is 8.58. The van der Waals surface area contributed by atoms with Gasteiger partial charge in [0, 0.05) is 28.2 Å². The van der Waals surface area contributed by atoms with E-state index in [0.29, 0.717) is 11.2 Å². The number of thiophene rings is 1. The summed E-state index contributed by atoms with van der Waals surface area (Å²) in [5.74, 6) is 0. The Morgan fingerprint density at radius 3 is 2.79 bits per heavy atom. The lowest BCUT2D eigenvalue weighted by atomic mass is 9.94. The van der Waals surface area contributed by atoms with E-state index in [0.717, 1.165) is 6.54 Å². The van der Waals surface area contributed by atoms with E-state index in [4.69, 9.17) is 5.73 Å². The maximum Gasteiger partial charge on any atom is 0.180 e. The highest BCUT2D eigenvalue weighted by Gasteiger charge is 2.22. The molecule has 0 saturated heterocycles. The van der Waals surface area contributed by atoms with Gasteiger partial charge in [-0.05, 0) is 24.3 Å². The van der Waals surface area contributed by atoms with E-state index in [1.807, 2.05) is 6.20 Å². The van der Waals surface area contributed by atoms with Gasteiger partial charge in [-0.25, -0.2) is 4.98 Å². The van der Waals surface area contributed by atoms with E-state index in [-0.39, 0.29) is 0 Å². The fourth-order valence-electron chi connectivity index (χ4n) is 2.81. The van der Waals surface area contributed by atoms with Crippen molar-refractivity contribution in [1.29, 1.82) is 0 Å². The molecule has 5 heteroatoms. The minimum atomic E-state index is 0.670. The van der Waals surface area contributed by atoms with Gasteiger partial charge in [0.25, 0.3) is 0 Å². The lowest BCUT2D eigenvalue weighted by Crippen LogP contribution is -2.35. The van der Waals surface area contributed by atoms with Crippen molar-refractivity contribution in [1.82, 2.24) is 4.98 Å². The summed E-state index contributed by atoms with van der Waals surface area (Å²) in [7, 11) is 0. The molecule has 1 fully saturated rings. The predicted molar refractivity (Wildman–Crippen MR) is 83.9 cm³/mol. The number of anilines is 2. The summed E-state index contributed by atoms with van der Waals surface area (Å²) >= 11 is 3.37. The summed E-state index contributed by atoms with van der Waals surface area (Å²) in [6, 6.07) is 2.90. The lowest BCUT2D eigenvalue weighted by Gasteiger charge is -2.35. The van der Waals surface area contributed by atoms with Gasteiger partial charge in [-0.3, -0.25) is 0 Å². The molecular weight excluding hydrogens is 274 g/mol. The molecule has 0 radical (unpaired) electrons. The zero-order valence-corrected chi connectivity index (χ0v) is 12.6. The second-order valence-electron chi connectivity index (χ2n) is 5.07. The summed E-state index contributed by atoms with van der Waals surface area (Å²) in [5.41, 5.74) is 7.09. The van der Waals surface area contributed by atoms with Crippen LogP contribution >= 0.6 is 22.7 Å². The molecule has 1 aliphatic carbocycles. The Balaban J connectivity index is 1.79. The molecule has 2 aromatic rings. The number of aromatic nitrogens is 1. The number of nitrogens with zero attached hydrogens (tertiary/aromatic N) is 2. The van der Waals surface area contributed by atoms with Crippen LogP contribution in [0.4, 0.5) is 10.8 Å². The van der Waals surface area contributed by atoms with Crippen molar-refractivity contribution in [2.24, 2.45) is 0 Å². The SMILES string of the molecule is Nc1ncc(CN(c2ccsc2)C2CCCCC2)s1. The molecule has 102 valence electrons. The number of nitrogen functional groups attached to an aromatic ring is 1. The molecule has 1 aliphatic rings. The molecule has 0 unspecified atom stereocenters. The smallest absolute Gasteiger partial charge is 0.180 e. The summed E-state index contributed by atoms with van der Waals surface area (Å²) in [4.78, 5) is 7.97. The molecule has 3 rings (SSSR count). The maximum absolute atomic E-state index is 5.74.